The van der Waals surface area contributed by atoms with E-state index in [4.69, 9.17) is 19.4 Å². The third-order valence-electron chi connectivity index (χ3n) is 13.0. The standard InChI is InChI=1S/C58H35N3O/c1-2-14-36(15-3-1)37-26-28-38(29-27-37)55-59-56(61-57(60-55)40-31-33-48-47-21-9-13-25-53(47)62-54(48)35-40)39-30-32-46-45-20-8-12-24-51(45)58(52(46)34-39)49-22-10-6-18-43(49)41-16-4-5-17-42(41)44-19-7-11-23-50(44)58/h1-35H. The Morgan fingerprint density at radius 1 is 0.274 bits per heavy atom. The highest BCUT2D eigenvalue weighted by Gasteiger charge is 2.49. The molecule has 13 rings (SSSR count). The van der Waals surface area contributed by atoms with Crippen molar-refractivity contribution in [1.29, 1.82) is 0 Å². The minimum atomic E-state index is -0.619. The fourth-order valence-electron chi connectivity index (χ4n) is 10.3. The van der Waals surface area contributed by atoms with Crippen LogP contribution in [-0.2, 0) is 5.41 Å². The first-order valence-electron chi connectivity index (χ1n) is 21.1. The molecule has 2 aliphatic carbocycles. The molecule has 0 bridgehead atoms. The van der Waals surface area contributed by atoms with Crippen LogP contribution in [0.3, 0.4) is 0 Å². The first-order chi connectivity index (χ1) is 30.7. The summed E-state index contributed by atoms with van der Waals surface area (Å²) in [5, 5.41) is 2.15. The lowest BCUT2D eigenvalue weighted by molar-refractivity contribution is 0.669. The zero-order chi connectivity index (χ0) is 40.8. The van der Waals surface area contributed by atoms with Gasteiger partial charge in [-0.05, 0) is 91.0 Å². The molecular formula is C58H35N3O. The van der Waals surface area contributed by atoms with Crippen molar-refractivity contribution >= 4 is 21.9 Å². The fraction of sp³-hybridized carbons (Fsp3) is 0.0172. The highest BCUT2D eigenvalue weighted by Crippen LogP contribution is 2.61. The minimum absolute atomic E-state index is 0.582. The van der Waals surface area contributed by atoms with Crippen molar-refractivity contribution in [3.05, 3.63) is 235 Å². The molecule has 0 radical (unpaired) electrons. The van der Waals surface area contributed by atoms with Crippen LogP contribution in [0.4, 0.5) is 0 Å². The second kappa shape index (κ2) is 13.4. The van der Waals surface area contributed by atoms with Crippen LogP contribution >= 0.6 is 0 Å². The summed E-state index contributed by atoms with van der Waals surface area (Å²) in [5.41, 5.74) is 18.4. The lowest BCUT2D eigenvalue weighted by atomic mass is 9.66. The average molecular weight is 790 g/mol. The van der Waals surface area contributed by atoms with Crippen LogP contribution in [0.5, 0.6) is 0 Å². The molecule has 0 atom stereocenters. The summed E-state index contributed by atoms with van der Waals surface area (Å²) in [5.74, 6) is 1.79. The maximum atomic E-state index is 6.36. The largest absolute Gasteiger partial charge is 0.456 e. The van der Waals surface area contributed by atoms with Gasteiger partial charge in [0.15, 0.2) is 17.5 Å². The Labute approximate surface area is 358 Å². The lowest BCUT2D eigenvalue weighted by Crippen LogP contribution is -2.29. The minimum Gasteiger partial charge on any atom is -0.456 e. The van der Waals surface area contributed by atoms with Gasteiger partial charge in [-0.2, -0.15) is 0 Å². The molecule has 11 aromatic rings. The average Bonchev–Trinajstić information content (AvgIpc) is 3.84. The molecule has 9 aromatic carbocycles. The monoisotopic (exact) mass is 789 g/mol. The predicted octanol–water partition coefficient (Wildman–Crippen LogP) is 14.4. The van der Waals surface area contributed by atoms with Gasteiger partial charge in [-0.15, -0.1) is 0 Å². The number of aromatic nitrogens is 3. The summed E-state index contributed by atoms with van der Waals surface area (Å²) in [6, 6.07) is 75.9. The molecule has 4 heteroatoms. The van der Waals surface area contributed by atoms with Crippen LogP contribution < -0.4 is 0 Å². The van der Waals surface area contributed by atoms with E-state index in [0.29, 0.717) is 17.5 Å². The Kier molecular flexibility index (Phi) is 7.49. The van der Waals surface area contributed by atoms with Crippen LogP contribution in [0.15, 0.2) is 217 Å². The van der Waals surface area contributed by atoms with Crippen molar-refractivity contribution in [3.8, 4) is 78.7 Å². The number of furan rings is 1. The predicted molar refractivity (Wildman–Crippen MR) is 251 cm³/mol. The number of benzene rings is 9. The molecule has 0 saturated heterocycles. The fourth-order valence-corrected chi connectivity index (χ4v) is 10.3. The van der Waals surface area contributed by atoms with Crippen LogP contribution in [-0.4, -0.2) is 15.0 Å². The summed E-state index contributed by atoms with van der Waals surface area (Å²) in [4.78, 5) is 15.8. The van der Waals surface area contributed by atoms with Crippen LogP contribution in [0.25, 0.3) is 101 Å². The van der Waals surface area contributed by atoms with Gasteiger partial charge in [-0.25, -0.2) is 15.0 Å². The molecule has 4 nitrogen and oxygen atoms in total. The summed E-state index contributed by atoms with van der Waals surface area (Å²) < 4.78 is 6.36. The van der Waals surface area contributed by atoms with Gasteiger partial charge in [-0.3, -0.25) is 0 Å². The van der Waals surface area contributed by atoms with Gasteiger partial charge in [0.05, 0.1) is 5.41 Å². The molecule has 0 amide bonds. The molecule has 0 saturated carbocycles. The number of nitrogens with zero attached hydrogens (tertiary/aromatic N) is 3. The number of hydrogen-bond donors (Lipinski definition) is 0. The molecule has 62 heavy (non-hydrogen) atoms. The number of hydrogen-bond acceptors (Lipinski definition) is 4. The lowest BCUT2D eigenvalue weighted by Gasteiger charge is -2.35. The molecule has 288 valence electrons. The topological polar surface area (TPSA) is 51.8 Å². The van der Waals surface area contributed by atoms with Crippen molar-refractivity contribution < 1.29 is 4.42 Å². The van der Waals surface area contributed by atoms with Crippen molar-refractivity contribution in [2.75, 3.05) is 0 Å². The third kappa shape index (κ3) is 5.04. The Morgan fingerprint density at radius 3 is 1.34 bits per heavy atom. The Balaban J connectivity index is 1.05. The van der Waals surface area contributed by atoms with Crippen molar-refractivity contribution in [2.45, 2.75) is 5.41 Å². The van der Waals surface area contributed by atoms with E-state index < -0.39 is 5.41 Å². The highest BCUT2D eigenvalue weighted by atomic mass is 16.3. The van der Waals surface area contributed by atoms with E-state index in [9.17, 15) is 0 Å². The van der Waals surface area contributed by atoms with E-state index in [-0.39, 0.29) is 0 Å². The second-order valence-electron chi connectivity index (χ2n) is 16.3. The van der Waals surface area contributed by atoms with Crippen LogP contribution in [0.2, 0.25) is 0 Å². The molecule has 0 fully saturated rings. The highest BCUT2D eigenvalue weighted by molar-refractivity contribution is 6.06. The van der Waals surface area contributed by atoms with E-state index in [1.165, 1.54) is 55.6 Å². The quantitative estimate of drug-likeness (QED) is 0.178. The molecule has 2 aromatic heterocycles. The maximum Gasteiger partial charge on any atom is 0.164 e. The Bertz CT molecular complexity index is 3520. The van der Waals surface area contributed by atoms with Gasteiger partial charge >= 0.3 is 0 Å². The molecule has 1 spiro atoms. The molecule has 0 unspecified atom stereocenters. The third-order valence-corrected chi connectivity index (χ3v) is 13.0. The maximum absolute atomic E-state index is 6.36. The first kappa shape index (κ1) is 34.6. The smallest absolute Gasteiger partial charge is 0.164 e. The summed E-state index contributed by atoms with van der Waals surface area (Å²) in [7, 11) is 0. The number of para-hydroxylation sites is 1. The Morgan fingerprint density at radius 2 is 0.694 bits per heavy atom. The van der Waals surface area contributed by atoms with Gasteiger partial charge in [0.2, 0.25) is 0 Å². The second-order valence-corrected chi connectivity index (χ2v) is 16.3. The van der Waals surface area contributed by atoms with E-state index in [0.717, 1.165) is 49.8 Å². The van der Waals surface area contributed by atoms with E-state index in [2.05, 4.69) is 188 Å². The molecule has 2 aliphatic rings. The van der Waals surface area contributed by atoms with Crippen molar-refractivity contribution in [2.24, 2.45) is 0 Å². The van der Waals surface area contributed by atoms with Gasteiger partial charge in [0.25, 0.3) is 0 Å². The van der Waals surface area contributed by atoms with Crippen molar-refractivity contribution in [3.63, 3.8) is 0 Å². The first-order valence-corrected chi connectivity index (χ1v) is 21.1. The van der Waals surface area contributed by atoms with Gasteiger partial charge in [-0.1, -0.05) is 188 Å². The number of rotatable bonds is 4. The normalized spacial score (nSPS) is 13.0. The molecule has 2 heterocycles. The summed E-state index contributed by atoms with van der Waals surface area (Å²) in [6.07, 6.45) is 0. The molecule has 0 aliphatic heterocycles. The summed E-state index contributed by atoms with van der Waals surface area (Å²) in [6.45, 7) is 0. The van der Waals surface area contributed by atoms with Crippen molar-refractivity contribution in [1.82, 2.24) is 15.0 Å². The SMILES string of the molecule is c1ccc(-c2ccc(-c3nc(-c4ccc5c(c4)C4(c6ccccc6-c6ccccc6-c6ccccc64)c4ccccc4-5)nc(-c4ccc5c(c4)oc4ccccc45)n3)cc2)cc1. The van der Waals surface area contributed by atoms with E-state index in [1.54, 1.807) is 0 Å². The van der Waals surface area contributed by atoms with Gasteiger partial charge in [0.1, 0.15) is 11.2 Å². The van der Waals surface area contributed by atoms with Gasteiger partial charge in [0, 0.05) is 27.5 Å². The summed E-state index contributed by atoms with van der Waals surface area (Å²) >= 11 is 0. The Hall–Kier alpha value is -8.21. The van der Waals surface area contributed by atoms with E-state index >= 15 is 0 Å². The van der Waals surface area contributed by atoms with Crippen LogP contribution in [0, 0.1) is 0 Å². The molecule has 0 N–H and O–H groups in total. The van der Waals surface area contributed by atoms with Crippen LogP contribution in [0.1, 0.15) is 22.3 Å². The van der Waals surface area contributed by atoms with E-state index in [1.807, 2.05) is 24.3 Å². The number of fused-ring (bicyclic) bond motifs is 15. The molecular weight excluding hydrogens is 755 g/mol. The zero-order valence-corrected chi connectivity index (χ0v) is 33.5. The zero-order valence-electron chi connectivity index (χ0n) is 33.5. The van der Waals surface area contributed by atoms with Gasteiger partial charge < -0.3 is 4.42 Å².